The van der Waals surface area contributed by atoms with Crippen molar-refractivity contribution in [1.29, 1.82) is 0 Å². The Kier molecular flexibility index (Phi) is 1.98. The van der Waals surface area contributed by atoms with Gasteiger partial charge in [0.15, 0.2) is 0 Å². The molecule has 0 spiro atoms. The Morgan fingerprint density at radius 1 is 1.06 bits per heavy atom. The van der Waals surface area contributed by atoms with E-state index < -0.39 is 0 Å². The molecule has 0 aromatic heterocycles. The molecule has 1 N–H and O–H groups in total. The van der Waals surface area contributed by atoms with Gasteiger partial charge in [-0.2, -0.15) is 0 Å². The summed E-state index contributed by atoms with van der Waals surface area (Å²) in [6.07, 6.45) is 6.24. The summed E-state index contributed by atoms with van der Waals surface area (Å²) >= 11 is 0. The maximum Gasteiger partial charge on any atom is 0.0709 e. The molecule has 3 rings (SSSR count). The zero-order valence-corrected chi connectivity index (χ0v) is 11.2. The van der Waals surface area contributed by atoms with Crippen LogP contribution in [0.15, 0.2) is 0 Å². The van der Waals surface area contributed by atoms with E-state index in [9.17, 15) is 5.11 Å². The fourth-order valence-corrected chi connectivity index (χ4v) is 5.47. The predicted molar refractivity (Wildman–Crippen MR) is 66.1 cm³/mol. The minimum Gasteiger partial charge on any atom is -0.389 e. The van der Waals surface area contributed by atoms with Gasteiger partial charge in [-0.1, -0.05) is 27.7 Å². The van der Waals surface area contributed by atoms with Crippen LogP contribution in [0.4, 0.5) is 0 Å². The second-order valence-corrected chi connectivity index (χ2v) is 7.60. The molecule has 1 heteroatoms. The van der Waals surface area contributed by atoms with E-state index >= 15 is 0 Å². The third-order valence-electron chi connectivity index (χ3n) is 7.19. The monoisotopic (exact) mass is 222 g/mol. The van der Waals surface area contributed by atoms with Crippen LogP contribution in [0.25, 0.3) is 0 Å². The smallest absolute Gasteiger partial charge is 0.0709 e. The maximum atomic E-state index is 11.1. The third kappa shape index (κ3) is 0.978. The third-order valence-corrected chi connectivity index (χ3v) is 7.19. The highest BCUT2D eigenvalue weighted by Crippen LogP contribution is 2.71. The quantitative estimate of drug-likeness (QED) is 0.664. The Hall–Kier alpha value is -0.0400. The van der Waals surface area contributed by atoms with Crippen molar-refractivity contribution in [2.45, 2.75) is 65.4 Å². The Balaban J connectivity index is 2.08. The second-order valence-electron chi connectivity index (χ2n) is 7.60. The van der Waals surface area contributed by atoms with Gasteiger partial charge in [-0.05, 0) is 60.7 Å². The lowest BCUT2D eigenvalue weighted by atomic mass is 9.50. The largest absolute Gasteiger partial charge is 0.389 e. The van der Waals surface area contributed by atoms with E-state index in [2.05, 4.69) is 27.7 Å². The van der Waals surface area contributed by atoms with Gasteiger partial charge in [0.1, 0.15) is 0 Å². The summed E-state index contributed by atoms with van der Waals surface area (Å²) in [5.74, 6) is 1.83. The molecule has 0 saturated heterocycles. The van der Waals surface area contributed by atoms with Gasteiger partial charge in [0.05, 0.1) is 5.60 Å². The summed E-state index contributed by atoms with van der Waals surface area (Å²) in [4.78, 5) is 0. The molecule has 5 atom stereocenters. The molecular weight excluding hydrogens is 196 g/mol. The zero-order valence-electron chi connectivity index (χ0n) is 11.2. The molecule has 0 aromatic rings. The molecule has 0 aliphatic heterocycles. The Morgan fingerprint density at radius 3 is 2.44 bits per heavy atom. The molecular formula is C15H26O. The molecule has 3 aliphatic rings. The van der Waals surface area contributed by atoms with Crippen LogP contribution in [0.2, 0.25) is 0 Å². The van der Waals surface area contributed by atoms with Crippen LogP contribution in [0, 0.1) is 28.6 Å². The summed E-state index contributed by atoms with van der Waals surface area (Å²) in [7, 11) is 0. The SMILES string of the molecule is CC1CCC2C1(O)CC1CCC2(C)C1(C)C. The van der Waals surface area contributed by atoms with Crippen LogP contribution in [0.1, 0.15) is 59.8 Å². The first kappa shape index (κ1) is 11.1. The first-order valence-electron chi connectivity index (χ1n) is 7.05. The van der Waals surface area contributed by atoms with Crippen LogP contribution in [-0.4, -0.2) is 10.7 Å². The average Bonchev–Trinajstić information content (AvgIpc) is 2.53. The van der Waals surface area contributed by atoms with Gasteiger partial charge in [0.25, 0.3) is 0 Å². The van der Waals surface area contributed by atoms with Crippen molar-refractivity contribution in [3.8, 4) is 0 Å². The molecule has 2 bridgehead atoms. The fraction of sp³-hybridized carbons (Fsp3) is 1.00. The molecule has 0 aromatic carbocycles. The van der Waals surface area contributed by atoms with Crippen molar-refractivity contribution in [2.24, 2.45) is 28.6 Å². The zero-order chi connectivity index (χ0) is 11.8. The molecule has 0 radical (unpaired) electrons. The van der Waals surface area contributed by atoms with Gasteiger partial charge in [-0.15, -0.1) is 0 Å². The molecule has 92 valence electrons. The van der Waals surface area contributed by atoms with Gasteiger partial charge >= 0.3 is 0 Å². The number of rotatable bonds is 0. The van der Waals surface area contributed by atoms with E-state index in [0.717, 1.165) is 12.3 Å². The van der Waals surface area contributed by atoms with Crippen LogP contribution in [0.5, 0.6) is 0 Å². The van der Waals surface area contributed by atoms with Gasteiger partial charge in [0, 0.05) is 0 Å². The van der Waals surface area contributed by atoms with Crippen molar-refractivity contribution in [3.05, 3.63) is 0 Å². The van der Waals surface area contributed by atoms with Gasteiger partial charge < -0.3 is 5.11 Å². The molecule has 0 amide bonds. The summed E-state index contributed by atoms with van der Waals surface area (Å²) in [6, 6.07) is 0. The molecule has 16 heavy (non-hydrogen) atoms. The van der Waals surface area contributed by atoms with Crippen molar-refractivity contribution < 1.29 is 5.11 Å². The molecule has 3 aliphatic carbocycles. The van der Waals surface area contributed by atoms with E-state index in [0.29, 0.717) is 22.7 Å². The van der Waals surface area contributed by atoms with Crippen molar-refractivity contribution in [3.63, 3.8) is 0 Å². The minimum atomic E-state index is -0.328. The van der Waals surface area contributed by atoms with Crippen LogP contribution >= 0.6 is 0 Å². The highest BCUT2D eigenvalue weighted by atomic mass is 16.3. The summed E-state index contributed by atoms with van der Waals surface area (Å²) in [6.45, 7) is 9.63. The van der Waals surface area contributed by atoms with E-state index in [1.54, 1.807) is 0 Å². The first-order chi connectivity index (χ1) is 7.32. The Morgan fingerprint density at radius 2 is 1.75 bits per heavy atom. The van der Waals surface area contributed by atoms with Gasteiger partial charge in [-0.25, -0.2) is 0 Å². The van der Waals surface area contributed by atoms with Crippen molar-refractivity contribution in [2.75, 3.05) is 0 Å². The van der Waals surface area contributed by atoms with Gasteiger partial charge in [0.2, 0.25) is 0 Å². The fourth-order valence-electron chi connectivity index (χ4n) is 5.47. The summed E-state index contributed by atoms with van der Waals surface area (Å²) in [5.41, 5.74) is 0.495. The number of hydrogen-bond donors (Lipinski definition) is 1. The van der Waals surface area contributed by atoms with Crippen LogP contribution < -0.4 is 0 Å². The highest BCUT2D eigenvalue weighted by molar-refractivity contribution is 5.17. The summed E-state index contributed by atoms with van der Waals surface area (Å²) < 4.78 is 0. The van der Waals surface area contributed by atoms with Crippen LogP contribution in [-0.2, 0) is 0 Å². The van der Waals surface area contributed by atoms with E-state index in [4.69, 9.17) is 0 Å². The van der Waals surface area contributed by atoms with Gasteiger partial charge in [-0.3, -0.25) is 0 Å². The van der Waals surface area contributed by atoms with E-state index in [-0.39, 0.29) is 5.60 Å². The lowest BCUT2D eigenvalue weighted by molar-refractivity contribution is -0.160. The average molecular weight is 222 g/mol. The number of aliphatic hydroxyl groups is 1. The molecule has 0 heterocycles. The lowest BCUT2D eigenvalue weighted by Gasteiger charge is -2.57. The Labute approximate surface area is 99.6 Å². The molecule has 3 fully saturated rings. The first-order valence-corrected chi connectivity index (χ1v) is 7.05. The second kappa shape index (κ2) is 2.85. The van der Waals surface area contributed by atoms with Crippen molar-refractivity contribution >= 4 is 0 Å². The van der Waals surface area contributed by atoms with Crippen molar-refractivity contribution in [1.82, 2.24) is 0 Å². The Bertz CT molecular complexity index is 321. The summed E-state index contributed by atoms with van der Waals surface area (Å²) in [5, 5.41) is 11.1. The van der Waals surface area contributed by atoms with Crippen LogP contribution in [0.3, 0.4) is 0 Å². The topological polar surface area (TPSA) is 20.2 Å². The molecule has 1 nitrogen and oxygen atoms in total. The maximum absolute atomic E-state index is 11.1. The predicted octanol–water partition coefficient (Wildman–Crippen LogP) is 3.61. The number of fused-ring (bicyclic) bond motifs is 4. The minimum absolute atomic E-state index is 0.328. The number of hydrogen-bond acceptors (Lipinski definition) is 1. The highest BCUT2D eigenvalue weighted by Gasteiger charge is 2.67. The normalized spacial score (nSPS) is 58.7. The lowest BCUT2D eigenvalue weighted by Crippen LogP contribution is -2.56. The molecule has 3 saturated carbocycles. The standard InChI is InChI=1S/C15H26O/c1-10-5-6-12-14(4)8-7-11(13(14,2)3)9-15(10,12)16/h10-12,16H,5-9H2,1-4H3. The van der Waals surface area contributed by atoms with E-state index in [1.807, 2.05) is 0 Å². The molecule has 5 unspecified atom stereocenters. The van der Waals surface area contributed by atoms with E-state index in [1.165, 1.54) is 25.7 Å².